The molecule has 3 nitrogen and oxygen atoms in total. The summed E-state index contributed by atoms with van der Waals surface area (Å²) in [6.45, 7) is 7.93. The molecule has 1 saturated heterocycles. The minimum atomic E-state index is -2.63. The summed E-state index contributed by atoms with van der Waals surface area (Å²) in [6, 6.07) is 22.1. The van der Waals surface area contributed by atoms with E-state index in [2.05, 4.69) is 106 Å². The zero-order valence-corrected chi connectivity index (χ0v) is 22.9. The van der Waals surface area contributed by atoms with E-state index in [1.807, 2.05) is 0 Å². The molecule has 0 amide bonds. The van der Waals surface area contributed by atoms with Gasteiger partial charge in [-0.3, -0.25) is 0 Å². The number of fused-ring (bicyclic) bond motifs is 5. The fourth-order valence-corrected chi connectivity index (χ4v) is 12.1. The van der Waals surface area contributed by atoms with Crippen LogP contribution in [0.15, 0.2) is 85.0 Å². The summed E-state index contributed by atoms with van der Waals surface area (Å²) < 4.78 is 20.3. The van der Waals surface area contributed by atoms with Crippen molar-refractivity contribution in [2.24, 2.45) is 23.7 Å². The first kappa shape index (κ1) is 24.4. The van der Waals surface area contributed by atoms with Crippen LogP contribution in [0.3, 0.4) is 0 Å². The van der Waals surface area contributed by atoms with Gasteiger partial charge in [0, 0.05) is 12.5 Å². The summed E-state index contributed by atoms with van der Waals surface area (Å²) in [5.74, 6) is 2.04. The van der Waals surface area contributed by atoms with Crippen molar-refractivity contribution in [1.29, 1.82) is 0 Å². The van der Waals surface area contributed by atoms with Crippen molar-refractivity contribution in [1.82, 2.24) is 0 Å². The number of hydrogen-bond acceptors (Lipinski definition) is 3. The monoisotopic (exact) mass is 500 g/mol. The maximum atomic E-state index is 7.65. The summed E-state index contributed by atoms with van der Waals surface area (Å²) in [5, 5.41) is 2.66. The van der Waals surface area contributed by atoms with E-state index in [0.29, 0.717) is 23.7 Å². The van der Waals surface area contributed by atoms with Crippen LogP contribution in [-0.2, 0) is 13.9 Å². The van der Waals surface area contributed by atoms with Crippen LogP contribution in [0.4, 0.5) is 0 Å². The molecule has 4 heteroatoms. The van der Waals surface area contributed by atoms with Crippen molar-refractivity contribution < 1.29 is 13.9 Å². The topological polar surface area (TPSA) is 27.7 Å². The summed E-state index contributed by atoms with van der Waals surface area (Å²) >= 11 is 0. The van der Waals surface area contributed by atoms with E-state index in [4.69, 9.17) is 13.9 Å². The van der Waals surface area contributed by atoms with E-state index in [1.165, 1.54) is 23.2 Å². The van der Waals surface area contributed by atoms with Gasteiger partial charge < -0.3 is 13.9 Å². The normalized spacial score (nSPS) is 33.6. The number of rotatable bonds is 6. The molecule has 1 aliphatic heterocycles. The quantitative estimate of drug-likeness (QED) is 0.368. The predicted octanol–water partition coefficient (Wildman–Crippen LogP) is 5.85. The Kier molecular flexibility index (Phi) is 6.58. The first-order chi connectivity index (χ1) is 17.5. The highest BCUT2D eigenvalue weighted by molar-refractivity contribution is 6.99. The van der Waals surface area contributed by atoms with Crippen molar-refractivity contribution in [3.05, 3.63) is 85.0 Å². The minimum absolute atomic E-state index is 0.0320. The van der Waals surface area contributed by atoms with Gasteiger partial charge in [-0.2, -0.15) is 0 Å². The highest BCUT2D eigenvalue weighted by Gasteiger charge is 2.57. The minimum Gasteiger partial charge on any atom is -0.401 e. The molecule has 1 saturated carbocycles. The summed E-state index contributed by atoms with van der Waals surface area (Å²) in [6.07, 6.45) is 14.3. The Morgan fingerprint density at radius 3 is 1.89 bits per heavy atom. The molecule has 1 heterocycles. The molecule has 2 aromatic carbocycles. The smallest absolute Gasteiger partial charge is 0.261 e. The molecule has 2 bridgehead atoms. The average Bonchev–Trinajstić information content (AvgIpc) is 3.52. The van der Waals surface area contributed by atoms with Crippen molar-refractivity contribution in [3.63, 3.8) is 0 Å². The molecule has 6 rings (SSSR count). The largest absolute Gasteiger partial charge is 0.401 e. The molecule has 0 N–H and O–H groups in total. The third-order valence-corrected chi connectivity index (χ3v) is 14.0. The standard InChI is InChI=1S/C32H40O3Si/c1-32(2,3)36(25-12-6-4-7-13-25,26-14-8-5-9-15-26)35-28-20-19-27(34-29-16-10-11-21-33-29)30-23-17-18-24(22-23)31(28)30/h4-9,12-15,17-20,23-24,27-31H,10-11,16,21-22H2,1-3H3/t23-,24+,27+,28-,29?,30+,31-/m0/s1. The average molecular weight is 501 g/mol. The van der Waals surface area contributed by atoms with Gasteiger partial charge in [-0.15, -0.1) is 0 Å². The highest BCUT2D eigenvalue weighted by atomic mass is 28.4. The zero-order valence-electron chi connectivity index (χ0n) is 21.9. The number of ether oxygens (including phenoxy) is 2. The summed E-state index contributed by atoms with van der Waals surface area (Å²) in [4.78, 5) is 0. The molecule has 1 unspecified atom stereocenters. The van der Waals surface area contributed by atoms with E-state index < -0.39 is 8.32 Å². The van der Waals surface area contributed by atoms with Crippen LogP contribution < -0.4 is 10.4 Å². The van der Waals surface area contributed by atoms with Gasteiger partial charge in [0.25, 0.3) is 8.32 Å². The molecule has 0 radical (unpaired) electrons. The maximum absolute atomic E-state index is 7.65. The van der Waals surface area contributed by atoms with Crippen LogP contribution in [0.1, 0.15) is 46.5 Å². The van der Waals surface area contributed by atoms with Crippen molar-refractivity contribution in [3.8, 4) is 0 Å². The Morgan fingerprint density at radius 2 is 1.33 bits per heavy atom. The van der Waals surface area contributed by atoms with Gasteiger partial charge in [-0.05, 0) is 58.8 Å². The van der Waals surface area contributed by atoms with Crippen molar-refractivity contribution in [2.45, 2.75) is 70.0 Å². The molecular weight excluding hydrogens is 460 g/mol. The second-order valence-corrected chi connectivity index (χ2v) is 16.4. The fraction of sp³-hybridized carbons (Fsp3) is 0.500. The first-order valence-corrected chi connectivity index (χ1v) is 15.8. The summed E-state index contributed by atoms with van der Waals surface area (Å²) in [7, 11) is -2.63. The lowest BCUT2D eigenvalue weighted by Gasteiger charge is -2.49. The SMILES string of the molecule is CC(C)(C)[Si](O[C@H]1C=C[C@@H](OC2CCCCO2)[C@@H]2[C@H]1[C@@H]1C=C[C@H]2C1)(c1ccccc1)c1ccccc1. The Balaban J connectivity index is 1.39. The van der Waals surface area contributed by atoms with Crippen LogP contribution in [0, 0.1) is 23.7 Å². The third kappa shape index (κ3) is 4.16. The first-order valence-electron chi connectivity index (χ1n) is 13.9. The lowest BCUT2D eigenvalue weighted by molar-refractivity contribution is -0.195. The lowest BCUT2D eigenvalue weighted by atomic mass is 9.73. The summed E-state index contributed by atoms with van der Waals surface area (Å²) in [5.41, 5.74) is 0. The maximum Gasteiger partial charge on any atom is 0.261 e. The Labute approximate surface area is 217 Å². The van der Waals surface area contributed by atoms with Crippen molar-refractivity contribution in [2.75, 3.05) is 6.61 Å². The van der Waals surface area contributed by atoms with Gasteiger partial charge in [-0.25, -0.2) is 0 Å². The number of benzene rings is 2. The van der Waals surface area contributed by atoms with E-state index in [-0.39, 0.29) is 23.5 Å². The van der Waals surface area contributed by atoms with Gasteiger partial charge in [-0.1, -0.05) is 106 Å². The van der Waals surface area contributed by atoms with Crippen LogP contribution >= 0.6 is 0 Å². The van der Waals surface area contributed by atoms with Crippen LogP contribution in [-0.4, -0.2) is 33.4 Å². The second kappa shape index (κ2) is 9.72. The Hall–Kier alpha value is -1.98. The fourth-order valence-electron chi connectivity index (χ4n) is 7.44. The number of hydrogen-bond donors (Lipinski definition) is 0. The molecule has 36 heavy (non-hydrogen) atoms. The molecule has 2 aromatic rings. The second-order valence-electron chi connectivity index (χ2n) is 12.1. The Morgan fingerprint density at radius 1 is 0.750 bits per heavy atom. The molecule has 7 atom stereocenters. The molecule has 3 aliphatic carbocycles. The van der Waals surface area contributed by atoms with E-state index in [1.54, 1.807) is 0 Å². The molecule has 2 fully saturated rings. The van der Waals surface area contributed by atoms with Crippen LogP contribution in [0.25, 0.3) is 0 Å². The Bertz CT molecular complexity index is 1040. The van der Waals surface area contributed by atoms with Crippen molar-refractivity contribution >= 4 is 18.7 Å². The lowest BCUT2D eigenvalue weighted by Crippen LogP contribution is -2.68. The zero-order chi connectivity index (χ0) is 24.8. The van der Waals surface area contributed by atoms with Gasteiger partial charge in [0.1, 0.15) is 0 Å². The van der Waals surface area contributed by atoms with Crippen LogP contribution in [0.5, 0.6) is 0 Å². The van der Waals surface area contributed by atoms with Gasteiger partial charge >= 0.3 is 0 Å². The molecule has 0 spiro atoms. The van der Waals surface area contributed by atoms with Gasteiger partial charge in [0.05, 0.1) is 12.2 Å². The van der Waals surface area contributed by atoms with Gasteiger partial charge in [0.2, 0.25) is 0 Å². The van der Waals surface area contributed by atoms with E-state index >= 15 is 0 Å². The molecule has 4 aliphatic rings. The van der Waals surface area contributed by atoms with Crippen LogP contribution in [0.2, 0.25) is 5.04 Å². The van der Waals surface area contributed by atoms with E-state index in [0.717, 1.165) is 19.4 Å². The van der Waals surface area contributed by atoms with Gasteiger partial charge in [0.15, 0.2) is 6.29 Å². The van der Waals surface area contributed by atoms with E-state index in [9.17, 15) is 0 Å². The highest BCUT2D eigenvalue weighted by Crippen LogP contribution is 2.55. The predicted molar refractivity (Wildman–Crippen MR) is 148 cm³/mol. The number of allylic oxidation sites excluding steroid dienone is 2. The molecule has 190 valence electrons. The third-order valence-electron chi connectivity index (χ3n) is 9.01. The molecular formula is C32H40O3Si. The molecule has 0 aromatic heterocycles.